The zero-order chi connectivity index (χ0) is 21.4. The first-order valence-electron chi connectivity index (χ1n) is 10.7. The Hall–Kier alpha value is -3.12. The number of hydrogen-bond acceptors (Lipinski definition) is 0. The van der Waals surface area contributed by atoms with Gasteiger partial charge in [0.25, 0.3) is 0 Å². The summed E-state index contributed by atoms with van der Waals surface area (Å²) in [4.78, 5) is 0. The third-order valence-corrected chi connectivity index (χ3v) is 6.29. The van der Waals surface area contributed by atoms with Gasteiger partial charge in [0, 0.05) is 0 Å². The van der Waals surface area contributed by atoms with Gasteiger partial charge in [-0.1, -0.05) is 54.7 Å². The molecule has 0 spiro atoms. The van der Waals surface area contributed by atoms with Crippen LogP contribution in [0.4, 0.5) is 0 Å². The van der Waals surface area contributed by atoms with E-state index in [4.69, 9.17) is 0 Å². The molecule has 0 saturated carbocycles. The number of benzene rings is 3. The average Bonchev–Trinajstić information content (AvgIpc) is 2.68. The second-order valence-corrected chi connectivity index (χ2v) is 8.70. The smallest absolute Gasteiger partial charge is 0.0221 e. The number of rotatable bonds is 0. The third-order valence-electron chi connectivity index (χ3n) is 6.29. The molecular weight excluding hydrogens is 360 g/mol. The molecule has 150 valence electrons. The lowest BCUT2D eigenvalue weighted by atomic mass is 9.96. The van der Waals surface area contributed by atoms with E-state index in [9.17, 15) is 0 Å². The summed E-state index contributed by atoms with van der Waals surface area (Å²) in [6.07, 6.45) is 13.5. The molecule has 1 aliphatic carbocycles. The summed E-state index contributed by atoms with van der Waals surface area (Å²) in [7, 11) is 0. The van der Waals surface area contributed by atoms with Crippen LogP contribution < -0.4 is 0 Å². The van der Waals surface area contributed by atoms with Crippen LogP contribution in [0, 0.1) is 41.5 Å². The molecule has 0 nitrogen and oxygen atoms in total. The minimum atomic E-state index is 1.27. The summed E-state index contributed by atoms with van der Waals surface area (Å²) in [6, 6.07) is 13.8. The highest BCUT2D eigenvalue weighted by molar-refractivity contribution is 5.81. The molecule has 0 heteroatoms. The van der Waals surface area contributed by atoms with Crippen molar-refractivity contribution in [2.24, 2.45) is 0 Å². The molecule has 30 heavy (non-hydrogen) atoms. The first-order valence-corrected chi connectivity index (χ1v) is 10.7. The molecular formula is C30H30. The van der Waals surface area contributed by atoms with E-state index in [1.165, 1.54) is 66.8 Å². The maximum atomic E-state index is 2.31. The Balaban J connectivity index is 2.00. The van der Waals surface area contributed by atoms with Gasteiger partial charge in [-0.25, -0.2) is 0 Å². The fraction of sp³-hybridized carbons (Fsp3) is 0.200. The lowest BCUT2D eigenvalue weighted by Gasteiger charge is -2.09. The van der Waals surface area contributed by atoms with Crippen LogP contribution in [0.3, 0.4) is 0 Å². The van der Waals surface area contributed by atoms with Gasteiger partial charge >= 0.3 is 0 Å². The highest BCUT2D eigenvalue weighted by Gasteiger charge is 2.06. The van der Waals surface area contributed by atoms with Gasteiger partial charge in [0.2, 0.25) is 0 Å². The van der Waals surface area contributed by atoms with E-state index in [1.807, 2.05) is 0 Å². The van der Waals surface area contributed by atoms with E-state index in [0.717, 1.165) is 0 Å². The Morgan fingerprint density at radius 3 is 0.600 bits per heavy atom. The Bertz CT molecular complexity index is 992. The first-order chi connectivity index (χ1) is 14.3. The summed E-state index contributed by atoms with van der Waals surface area (Å²) < 4.78 is 0. The normalized spacial score (nSPS) is 15.8. The Kier molecular flexibility index (Phi) is 5.35. The Morgan fingerprint density at radius 2 is 0.433 bits per heavy atom. The quantitative estimate of drug-likeness (QED) is 0.283. The van der Waals surface area contributed by atoms with Crippen LogP contribution in [0.5, 0.6) is 0 Å². The maximum Gasteiger partial charge on any atom is -0.0221 e. The van der Waals surface area contributed by atoms with Crippen LogP contribution in [0.15, 0.2) is 36.4 Å². The molecule has 4 rings (SSSR count). The SMILES string of the molecule is Cc1cc(C)c2cc1/C=C\c1cc(c(C)cc1C)/C=C\c1cc(c(C)cc1C)/C=C\2. The summed E-state index contributed by atoms with van der Waals surface area (Å²) in [5.74, 6) is 0. The Morgan fingerprint density at radius 1 is 0.267 bits per heavy atom. The van der Waals surface area contributed by atoms with Crippen molar-refractivity contribution in [1.29, 1.82) is 0 Å². The zero-order valence-corrected chi connectivity index (χ0v) is 18.9. The summed E-state index contributed by atoms with van der Waals surface area (Å²) in [6.45, 7) is 13.2. The van der Waals surface area contributed by atoms with Crippen molar-refractivity contribution in [3.8, 4) is 0 Å². The van der Waals surface area contributed by atoms with Gasteiger partial charge in [0.05, 0.1) is 0 Å². The molecule has 6 bridgehead atoms. The largest absolute Gasteiger partial charge is 0.0552 e. The highest BCUT2D eigenvalue weighted by atomic mass is 14.1. The van der Waals surface area contributed by atoms with Gasteiger partial charge in [-0.2, -0.15) is 0 Å². The van der Waals surface area contributed by atoms with Gasteiger partial charge in [0.15, 0.2) is 0 Å². The summed E-state index contributed by atoms with van der Waals surface area (Å²) >= 11 is 0. The summed E-state index contributed by atoms with van der Waals surface area (Å²) in [5.41, 5.74) is 15.5. The van der Waals surface area contributed by atoms with Gasteiger partial charge in [-0.05, 0) is 127 Å². The molecule has 3 aromatic carbocycles. The van der Waals surface area contributed by atoms with Crippen LogP contribution in [-0.2, 0) is 0 Å². The molecule has 0 aliphatic heterocycles. The van der Waals surface area contributed by atoms with Crippen molar-refractivity contribution in [1.82, 2.24) is 0 Å². The number of aryl methyl sites for hydroxylation is 6. The van der Waals surface area contributed by atoms with Crippen LogP contribution in [0.1, 0.15) is 66.8 Å². The predicted octanol–water partition coefficient (Wildman–Crippen LogP) is 8.36. The van der Waals surface area contributed by atoms with Crippen molar-refractivity contribution in [3.63, 3.8) is 0 Å². The highest BCUT2D eigenvalue weighted by Crippen LogP contribution is 2.26. The van der Waals surface area contributed by atoms with Crippen LogP contribution in [0.2, 0.25) is 0 Å². The molecule has 0 unspecified atom stereocenters. The molecule has 0 saturated heterocycles. The second-order valence-electron chi connectivity index (χ2n) is 8.70. The predicted molar refractivity (Wildman–Crippen MR) is 135 cm³/mol. The zero-order valence-electron chi connectivity index (χ0n) is 18.9. The number of fused-ring (bicyclic) bond motifs is 6. The van der Waals surface area contributed by atoms with E-state index in [0.29, 0.717) is 0 Å². The molecule has 0 aromatic heterocycles. The molecule has 0 atom stereocenters. The van der Waals surface area contributed by atoms with Crippen molar-refractivity contribution in [2.45, 2.75) is 41.5 Å². The molecule has 0 heterocycles. The molecule has 0 radical (unpaired) electrons. The summed E-state index contributed by atoms with van der Waals surface area (Å²) in [5, 5.41) is 0. The molecule has 0 amide bonds. The van der Waals surface area contributed by atoms with Gasteiger partial charge in [-0.15, -0.1) is 0 Å². The van der Waals surface area contributed by atoms with Crippen molar-refractivity contribution < 1.29 is 0 Å². The van der Waals surface area contributed by atoms with Gasteiger partial charge in [0.1, 0.15) is 0 Å². The lowest BCUT2D eigenvalue weighted by Crippen LogP contribution is -1.89. The number of hydrogen-bond donors (Lipinski definition) is 0. The molecule has 3 aromatic rings. The third kappa shape index (κ3) is 3.96. The van der Waals surface area contributed by atoms with E-state index >= 15 is 0 Å². The maximum absolute atomic E-state index is 2.31. The minimum absolute atomic E-state index is 1.27. The monoisotopic (exact) mass is 390 g/mol. The van der Waals surface area contributed by atoms with Crippen molar-refractivity contribution in [3.05, 3.63) is 103 Å². The topological polar surface area (TPSA) is 0 Å². The minimum Gasteiger partial charge on any atom is -0.0552 e. The fourth-order valence-electron chi connectivity index (χ4n) is 4.28. The Labute approximate surface area is 181 Å². The van der Waals surface area contributed by atoms with Crippen molar-refractivity contribution >= 4 is 36.5 Å². The van der Waals surface area contributed by atoms with Crippen LogP contribution >= 0.6 is 0 Å². The average molecular weight is 391 g/mol. The standard InChI is InChI=1S/C30H30/c1-19-13-20(2)26-9-10-28-18-30(24(6)15-23(28)5)12-11-29-17-27(8-7-25(19)16-26)21(3)14-22(29)4/h7-18H,1-6H3/b8-7-,10-9-,12-11-. The van der Waals surface area contributed by atoms with E-state index in [1.54, 1.807) is 0 Å². The van der Waals surface area contributed by atoms with Crippen LogP contribution in [-0.4, -0.2) is 0 Å². The van der Waals surface area contributed by atoms with E-state index < -0.39 is 0 Å². The van der Waals surface area contributed by atoms with Gasteiger partial charge < -0.3 is 0 Å². The molecule has 0 N–H and O–H groups in total. The van der Waals surface area contributed by atoms with E-state index in [2.05, 4.69) is 114 Å². The van der Waals surface area contributed by atoms with Crippen LogP contribution in [0.25, 0.3) is 36.5 Å². The van der Waals surface area contributed by atoms with Crippen molar-refractivity contribution in [2.75, 3.05) is 0 Å². The lowest BCUT2D eigenvalue weighted by molar-refractivity contribution is 1.34. The first kappa shape index (κ1) is 20.2. The molecule has 1 aliphatic rings. The molecule has 0 fully saturated rings. The van der Waals surface area contributed by atoms with E-state index in [-0.39, 0.29) is 0 Å². The fourth-order valence-corrected chi connectivity index (χ4v) is 4.28. The second kappa shape index (κ2) is 7.95. The van der Waals surface area contributed by atoms with Gasteiger partial charge in [-0.3, -0.25) is 0 Å².